The van der Waals surface area contributed by atoms with Crippen molar-refractivity contribution in [3.8, 4) is 22.6 Å². The van der Waals surface area contributed by atoms with Gasteiger partial charge in [-0.15, -0.1) is 10.2 Å². The molecule has 126 valence electrons. The number of furan rings is 1. The molecule has 0 saturated carbocycles. The molecule has 7 heteroatoms. The molecule has 0 spiro atoms. The molecule has 4 rings (SSSR count). The summed E-state index contributed by atoms with van der Waals surface area (Å²) in [5.41, 5.74) is 3.20. The zero-order chi connectivity index (χ0) is 17.6. The Bertz CT molecular complexity index is 1120. The van der Waals surface area contributed by atoms with Crippen LogP contribution in [0.15, 0.2) is 56.4 Å². The predicted molar refractivity (Wildman–Crippen MR) is 97.0 cm³/mol. The summed E-state index contributed by atoms with van der Waals surface area (Å²) in [7, 11) is -1.08. The number of hydrogen-bond donors (Lipinski definition) is 0. The van der Waals surface area contributed by atoms with E-state index in [4.69, 9.17) is 20.4 Å². The first-order valence-corrected chi connectivity index (χ1v) is 9.41. The van der Waals surface area contributed by atoms with Crippen LogP contribution in [0.25, 0.3) is 33.6 Å². The van der Waals surface area contributed by atoms with Gasteiger partial charge in [-0.2, -0.15) is 0 Å². The lowest BCUT2D eigenvalue weighted by Gasteiger charge is -2.05. The third-order valence-corrected chi connectivity index (χ3v) is 5.14. The molecule has 5 nitrogen and oxygen atoms in total. The maximum atomic E-state index is 11.6. The van der Waals surface area contributed by atoms with Gasteiger partial charge in [-0.1, -0.05) is 17.7 Å². The second-order valence-electron chi connectivity index (χ2n) is 5.58. The maximum absolute atomic E-state index is 11.6. The highest BCUT2D eigenvalue weighted by atomic mass is 35.5. The van der Waals surface area contributed by atoms with Gasteiger partial charge in [-0.25, -0.2) is 0 Å². The number of rotatable bonds is 3. The molecule has 1 unspecified atom stereocenters. The van der Waals surface area contributed by atoms with Crippen LogP contribution < -0.4 is 0 Å². The topological polar surface area (TPSA) is 69.1 Å². The fraction of sp³-hybridized carbons (Fsp3) is 0.111. The van der Waals surface area contributed by atoms with Gasteiger partial charge >= 0.3 is 0 Å². The summed E-state index contributed by atoms with van der Waals surface area (Å²) in [4.78, 5) is 0.684. The number of aromatic nitrogens is 2. The van der Waals surface area contributed by atoms with E-state index in [1.54, 1.807) is 31.6 Å². The van der Waals surface area contributed by atoms with E-state index in [0.717, 1.165) is 27.7 Å². The average Bonchev–Trinajstić information content (AvgIpc) is 3.20. The minimum absolute atomic E-state index is 0.453. The number of fused-ring (bicyclic) bond motifs is 1. The molecule has 2 heterocycles. The van der Waals surface area contributed by atoms with Gasteiger partial charge < -0.3 is 8.83 Å². The summed E-state index contributed by atoms with van der Waals surface area (Å²) in [6, 6.07) is 11.0. The van der Waals surface area contributed by atoms with Gasteiger partial charge in [0.25, 0.3) is 0 Å². The van der Waals surface area contributed by atoms with Gasteiger partial charge in [-0.3, -0.25) is 4.21 Å². The lowest BCUT2D eigenvalue weighted by molar-refractivity contribution is 0.533. The Hall–Kier alpha value is -2.44. The van der Waals surface area contributed by atoms with Gasteiger partial charge in [0.1, 0.15) is 5.58 Å². The molecule has 0 radical (unpaired) electrons. The molecule has 0 amide bonds. The Kier molecular flexibility index (Phi) is 3.94. The summed E-state index contributed by atoms with van der Waals surface area (Å²) in [6.45, 7) is 1.75. The maximum Gasteiger partial charge on any atom is 0.247 e. The summed E-state index contributed by atoms with van der Waals surface area (Å²) < 4.78 is 22.8. The number of halogens is 1. The monoisotopic (exact) mass is 372 g/mol. The number of benzene rings is 2. The standard InChI is InChI=1S/C18H13ClN2O3S/c1-10-20-21-18(24-10)11-3-6-17-14(7-11)15(9-23-17)13-5-4-12(25(2)22)8-16(13)19/h3-9H,1-2H3. The predicted octanol–water partition coefficient (Wildman–Crippen LogP) is 4.85. The molecule has 0 saturated heterocycles. The molecule has 0 aliphatic heterocycles. The lowest BCUT2D eigenvalue weighted by Crippen LogP contribution is -1.88. The SMILES string of the molecule is Cc1nnc(-c2ccc3occ(-c4ccc(S(C)=O)cc4Cl)c3c2)o1. The van der Waals surface area contributed by atoms with Crippen molar-refractivity contribution in [3.05, 3.63) is 53.6 Å². The largest absolute Gasteiger partial charge is 0.464 e. The van der Waals surface area contributed by atoms with Gasteiger partial charge in [-0.05, 0) is 30.3 Å². The van der Waals surface area contributed by atoms with Crippen LogP contribution in [0.5, 0.6) is 0 Å². The van der Waals surface area contributed by atoms with Crippen molar-refractivity contribution in [1.29, 1.82) is 0 Å². The first-order valence-electron chi connectivity index (χ1n) is 7.48. The fourth-order valence-electron chi connectivity index (χ4n) is 2.68. The molecule has 25 heavy (non-hydrogen) atoms. The zero-order valence-corrected chi connectivity index (χ0v) is 15.0. The van der Waals surface area contributed by atoms with Gasteiger partial charge in [0, 0.05) is 56.0 Å². The summed E-state index contributed by atoms with van der Waals surface area (Å²) in [5, 5.41) is 9.32. The van der Waals surface area contributed by atoms with Crippen molar-refractivity contribution in [3.63, 3.8) is 0 Å². The van der Waals surface area contributed by atoms with Crippen LogP contribution in [0, 0.1) is 6.92 Å². The smallest absolute Gasteiger partial charge is 0.247 e. The molecular weight excluding hydrogens is 360 g/mol. The van der Waals surface area contributed by atoms with Crippen LogP contribution in [0.1, 0.15) is 5.89 Å². The number of hydrogen-bond acceptors (Lipinski definition) is 5. The number of nitrogens with zero attached hydrogens (tertiary/aromatic N) is 2. The second-order valence-corrected chi connectivity index (χ2v) is 7.37. The molecule has 4 aromatic rings. The van der Waals surface area contributed by atoms with Crippen molar-refractivity contribution in [2.45, 2.75) is 11.8 Å². The highest BCUT2D eigenvalue weighted by molar-refractivity contribution is 7.84. The van der Waals surface area contributed by atoms with Crippen molar-refractivity contribution in [2.75, 3.05) is 6.26 Å². The van der Waals surface area contributed by atoms with Crippen molar-refractivity contribution in [2.24, 2.45) is 0 Å². The van der Waals surface area contributed by atoms with Crippen LogP contribution in [-0.4, -0.2) is 20.7 Å². The van der Waals surface area contributed by atoms with Crippen molar-refractivity contribution < 1.29 is 13.0 Å². The van der Waals surface area contributed by atoms with Crippen molar-refractivity contribution in [1.82, 2.24) is 10.2 Å². The van der Waals surface area contributed by atoms with Crippen LogP contribution in [0.3, 0.4) is 0 Å². The first-order chi connectivity index (χ1) is 12.0. The quantitative estimate of drug-likeness (QED) is 0.514. The van der Waals surface area contributed by atoms with Crippen LogP contribution >= 0.6 is 11.6 Å². The second kappa shape index (κ2) is 6.13. The Morgan fingerprint density at radius 3 is 2.60 bits per heavy atom. The van der Waals surface area contributed by atoms with Crippen LogP contribution in [0.2, 0.25) is 5.02 Å². The molecule has 0 aliphatic carbocycles. The molecule has 2 aromatic carbocycles. The Morgan fingerprint density at radius 1 is 1.08 bits per heavy atom. The van der Waals surface area contributed by atoms with E-state index >= 15 is 0 Å². The summed E-state index contributed by atoms with van der Waals surface area (Å²) in [6.07, 6.45) is 3.29. The Morgan fingerprint density at radius 2 is 1.92 bits per heavy atom. The molecule has 0 aliphatic rings. The zero-order valence-electron chi connectivity index (χ0n) is 13.4. The van der Waals surface area contributed by atoms with E-state index in [-0.39, 0.29) is 0 Å². The normalized spacial score (nSPS) is 12.6. The van der Waals surface area contributed by atoms with E-state index in [0.29, 0.717) is 21.7 Å². The molecule has 0 bridgehead atoms. The van der Waals surface area contributed by atoms with E-state index in [9.17, 15) is 4.21 Å². The molecule has 1 atom stereocenters. The highest BCUT2D eigenvalue weighted by Crippen LogP contribution is 2.37. The number of aryl methyl sites for hydroxylation is 1. The Labute approximate surface area is 151 Å². The van der Waals surface area contributed by atoms with Crippen LogP contribution in [0.4, 0.5) is 0 Å². The van der Waals surface area contributed by atoms with Gasteiger partial charge in [0.05, 0.1) is 6.26 Å². The third-order valence-electron chi connectivity index (χ3n) is 3.91. The van der Waals surface area contributed by atoms with E-state index < -0.39 is 10.8 Å². The third kappa shape index (κ3) is 2.88. The van der Waals surface area contributed by atoms with E-state index in [1.165, 1.54) is 0 Å². The molecule has 0 N–H and O–H groups in total. The molecular formula is C18H13ClN2O3S. The van der Waals surface area contributed by atoms with Gasteiger partial charge in [0.15, 0.2) is 0 Å². The van der Waals surface area contributed by atoms with Crippen LogP contribution in [-0.2, 0) is 10.8 Å². The first kappa shape index (κ1) is 16.1. The molecule has 0 fully saturated rings. The minimum atomic E-state index is -1.08. The lowest BCUT2D eigenvalue weighted by atomic mass is 10.0. The average molecular weight is 373 g/mol. The van der Waals surface area contributed by atoms with Crippen molar-refractivity contribution >= 4 is 33.4 Å². The minimum Gasteiger partial charge on any atom is -0.464 e. The van der Waals surface area contributed by atoms with E-state index in [2.05, 4.69) is 10.2 Å². The molecule has 2 aromatic heterocycles. The Balaban J connectivity index is 1.86. The highest BCUT2D eigenvalue weighted by Gasteiger charge is 2.15. The summed E-state index contributed by atoms with van der Waals surface area (Å²) >= 11 is 6.41. The van der Waals surface area contributed by atoms with Gasteiger partial charge in [0.2, 0.25) is 11.8 Å². The summed E-state index contributed by atoms with van der Waals surface area (Å²) in [5.74, 6) is 0.961. The van der Waals surface area contributed by atoms with E-state index in [1.807, 2.05) is 24.3 Å². The fourth-order valence-corrected chi connectivity index (χ4v) is 3.57.